The van der Waals surface area contributed by atoms with Gasteiger partial charge in [0.2, 0.25) is 5.91 Å². The summed E-state index contributed by atoms with van der Waals surface area (Å²) in [4.78, 5) is 13.6. The molecule has 0 spiro atoms. The van der Waals surface area contributed by atoms with E-state index in [1.807, 2.05) is 0 Å². The van der Waals surface area contributed by atoms with E-state index in [-0.39, 0.29) is 18.3 Å². The molecule has 21 heavy (non-hydrogen) atoms. The van der Waals surface area contributed by atoms with Crippen LogP contribution in [0.4, 0.5) is 21.5 Å². The number of halogens is 2. The van der Waals surface area contributed by atoms with Gasteiger partial charge < -0.3 is 16.0 Å². The predicted octanol–water partition coefficient (Wildman–Crippen LogP) is 3.14. The van der Waals surface area contributed by atoms with Crippen molar-refractivity contribution in [1.82, 2.24) is 0 Å². The highest BCUT2D eigenvalue weighted by atomic mass is 35.5. The molecule has 1 amide bonds. The summed E-state index contributed by atoms with van der Waals surface area (Å²) in [7, 11) is 1.70. The predicted molar refractivity (Wildman–Crippen MR) is 84.2 cm³/mol. The zero-order valence-corrected chi connectivity index (χ0v) is 12.2. The molecule has 0 atom stereocenters. The molecule has 0 heterocycles. The summed E-state index contributed by atoms with van der Waals surface area (Å²) in [6, 6.07) is 10.9. The summed E-state index contributed by atoms with van der Waals surface area (Å²) >= 11 is 5.86. The Kier molecular flexibility index (Phi) is 4.65. The smallest absolute Gasteiger partial charge is 0.243 e. The normalized spacial score (nSPS) is 10.2. The van der Waals surface area contributed by atoms with E-state index in [1.165, 1.54) is 12.1 Å². The third-order valence-electron chi connectivity index (χ3n) is 2.92. The van der Waals surface area contributed by atoms with Gasteiger partial charge in [0.15, 0.2) is 0 Å². The first-order chi connectivity index (χ1) is 9.95. The number of nitrogen functional groups attached to an aromatic ring is 1. The summed E-state index contributed by atoms with van der Waals surface area (Å²) in [6.45, 7) is 0.0649. The number of hydrogen-bond acceptors (Lipinski definition) is 3. The van der Waals surface area contributed by atoms with Crippen molar-refractivity contribution in [3.05, 3.63) is 53.3 Å². The molecule has 0 bridgehead atoms. The molecule has 0 saturated carbocycles. The molecular weight excluding hydrogens is 293 g/mol. The van der Waals surface area contributed by atoms with Crippen molar-refractivity contribution in [2.45, 2.75) is 0 Å². The third kappa shape index (κ3) is 4.10. The monoisotopic (exact) mass is 307 g/mol. The second-order valence-corrected chi connectivity index (χ2v) is 5.05. The first kappa shape index (κ1) is 15.1. The van der Waals surface area contributed by atoms with Crippen LogP contribution in [0.3, 0.4) is 0 Å². The topological polar surface area (TPSA) is 58.4 Å². The molecule has 4 nitrogen and oxygen atoms in total. The fraction of sp³-hybridized carbons (Fsp3) is 0.133. The lowest BCUT2D eigenvalue weighted by molar-refractivity contribution is -0.114. The van der Waals surface area contributed by atoms with Crippen LogP contribution in [-0.4, -0.2) is 19.5 Å². The average molecular weight is 308 g/mol. The first-order valence-corrected chi connectivity index (χ1v) is 6.65. The van der Waals surface area contributed by atoms with Gasteiger partial charge in [0.05, 0.1) is 17.9 Å². The van der Waals surface area contributed by atoms with Crippen molar-refractivity contribution in [2.75, 3.05) is 29.5 Å². The number of rotatable bonds is 4. The molecule has 2 aromatic rings. The van der Waals surface area contributed by atoms with Crippen LogP contribution in [0.2, 0.25) is 5.02 Å². The van der Waals surface area contributed by atoms with Crippen LogP contribution in [0, 0.1) is 5.82 Å². The van der Waals surface area contributed by atoms with Crippen molar-refractivity contribution in [2.24, 2.45) is 0 Å². The lowest BCUT2D eigenvalue weighted by atomic mass is 10.2. The molecule has 0 saturated heterocycles. The molecule has 3 N–H and O–H groups in total. The van der Waals surface area contributed by atoms with E-state index in [0.29, 0.717) is 22.1 Å². The Morgan fingerprint density at radius 1 is 1.33 bits per heavy atom. The van der Waals surface area contributed by atoms with Crippen LogP contribution in [-0.2, 0) is 4.79 Å². The van der Waals surface area contributed by atoms with E-state index in [4.69, 9.17) is 17.3 Å². The van der Waals surface area contributed by atoms with Crippen molar-refractivity contribution in [3.8, 4) is 0 Å². The number of nitrogens with zero attached hydrogens (tertiary/aromatic N) is 1. The van der Waals surface area contributed by atoms with Gasteiger partial charge in [0.25, 0.3) is 0 Å². The Hall–Kier alpha value is -2.27. The lowest BCUT2D eigenvalue weighted by Gasteiger charge is -2.19. The highest BCUT2D eigenvalue weighted by molar-refractivity contribution is 6.31. The van der Waals surface area contributed by atoms with Gasteiger partial charge in [-0.2, -0.15) is 0 Å². The van der Waals surface area contributed by atoms with Crippen LogP contribution in [0.5, 0.6) is 0 Å². The summed E-state index contributed by atoms with van der Waals surface area (Å²) in [5.74, 6) is -0.616. The number of benzene rings is 2. The summed E-state index contributed by atoms with van der Waals surface area (Å²) in [6.07, 6.45) is 0. The lowest BCUT2D eigenvalue weighted by Crippen LogP contribution is -2.30. The highest BCUT2D eigenvalue weighted by Gasteiger charge is 2.10. The molecular formula is C15H15ClFN3O. The van der Waals surface area contributed by atoms with Crippen molar-refractivity contribution in [3.63, 3.8) is 0 Å². The van der Waals surface area contributed by atoms with Crippen LogP contribution >= 0.6 is 11.6 Å². The van der Waals surface area contributed by atoms with Crippen LogP contribution in [0.15, 0.2) is 42.5 Å². The number of nitrogens with one attached hydrogen (secondary N) is 1. The Morgan fingerprint density at radius 3 is 2.81 bits per heavy atom. The Labute approximate surface area is 127 Å². The molecule has 0 aliphatic rings. The fourth-order valence-corrected chi connectivity index (χ4v) is 2.02. The van der Waals surface area contributed by atoms with Gasteiger partial charge in [-0.25, -0.2) is 4.39 Å². The van der Waals surface area contributed by atoms with Crippen LogP contribution in [0.25, 0.3) is 0 Å². The van der Waals surface area contributed by atoms with Crippen molar-refractivity contribution < 1.29 is 9.18 Å². The number of carbonyl (C=O) groups excluding carboxylic acids is 1. The number of nitrogens with two attached hydrogens (primary N) is 1. The van der Waals surface area contributed by atoms with E-state index in [9.17, 15) is 9.18 Å². The average Bonchev–Trinajstić information content (AvgIpc) is 2.42. The van der Waals surface area contributed by atoms with Gasteiger partial charge in [-0.15, -0.1) is 0 Å². The fourth-order valence-electron chi connectivity index (χ4n) is 1.85. The maximum absolute atomic E-state index is 13.2. The maximum atomic E-state index is 13.2. The third-order valence-corrected chi connectivity index (χ3v) is 3.15. The summed E-state index contributed by atoms with van der Waals surface area (Å²) in [5, 5.41) is 3.17. The number of amides is 1. The zero-order chi connectivity index (χ0) is 15.4. The molecule has 110 valence electrons. The minimum absolute atomic E-state index is 0.0649. The summed E-state index contributed by atoms with van der Waals surface area (Å²) < 4.78 is 13.2. The molecule has 0 aromatic heterocycles. The number of likely N-dealkylation sites (N-methyl/N-ethyl adjacent to an activating group) is 1. The van der Waals surface area contributed by atoms with Crippen LogP contribution < -0.4 is 16.0 Å². The molecule has 2 aromatic carbocycles. The SMILES string of the molecule is CN(CC(=O)Nc1cc(Cl)ccc1N)c1cccc(F)c1. The zero-order valence-electron chi connectivity index (χ0n) is 11.4. The van der Waals surface area contributed by atoms with E-state index in [1.54, 1.807) is 42.3 Å². The van der Waals surface area contributed by atoms with Gasteiger partial charge in [0, 0.05) is 17.8 Å². The standard InChI is InChI=1S/C15H15ClFN3O/c1-20(12-4-2-3-11(17)8-12)9-15(21)19-14-7-10(16)5-6-13(14)18/h2-8H,9,18H2,1H3,(H,19,21). The molecule has 0 unspecified atom stereocenters. The van der Waals surface area contributed by atoms with Gasteiger partial charge in [-0.1, -0.05) is 17.7 Å². The Bertz CT molecular complexity index is 663. The Balaban J connectivity index is 2.03. The summed E-state index contributed by atoms with van der Waals surface area (Å²) in [5.41, 5.74) is 7.27. The quantitative estimate of drug-likeness (QED) is 0.853. The minimum Gasteiger partial charge on any atom is -0.397 e. The van der Waals surface area contributed by atoms with E-state index in [2.05, 4.69) is 5.32 Å². The van der Waals surface area contributed by atoms with E-state index < -0.39 is 0 Å². The van der Waals surface area contributed by atoms with Gasteiger partial charge in [-0.05, 0) is 36.4 Å². The molecule has 0 aliphatic heterocycles. The molecule has 6 heteroatoms. The molecule has 0 radical (unpaired) electrons. The van der Waals surface area contributed by atoms with E-state index >= 15 is 0 Å². The van der Waals surface area contributed by atoms with Crippen LogP contribution in [0.1, 0.15) is 0 Å². The molecule has 0 aliphatic carbocycles. The molecule has 0 fully saturated rings. The van der Waals surface area contributed by atoms with Gasteiger partial charge in [-0.3, -0.25) is 4.79 Å². The number of hydrogen-bond donors (Lipinski definition) is 2. The second kappa shape index (κ2) is 6.45. The van der Waals surface area contributed by atoms with Gasteiger partial charge >= 0.3 is 0 Å². The van der Waals surface area contributed by atoms with Crippen molar-refractivity contribution in [1.29, 1.82) is 0 Å². The number of anilines is 3. The number of carbonyl (C=O) groups is 1. The second-order valence-electron chi connectivity index (χ2n) is 4.62. The van der Waals surface area contributed by atoms with Gasteiger partial charge in [0.1, 0.15) is 5.82 Å². The molecule has 2 rings (SSSR count). The maximum Gasteiger partial charge on any atom is 0.243 e. The Morgan fingerprint density at radius 2 is 2.10 bits per heavy atom. The first-order valence-electron chi connectivity index (χ1n) is 6.27. The highest BCUT2D eigenvalue weighted by Crippen LogP contribution is 2.23. The van der Waals surface area contributed by atoms with Crippen molar-refractivity contribution >= 4 is 34.6 Å². The largest absolute Gasteiger partial charge is 0.397 e. The minimum atomic E-state index is -0.348. The van der Waals surface area contributed by atoms with E-state index in [0.717, 1.165) is 0 Å².